The summed E-state index contributed by atoms with van der Waals surface area (Å²) in [5, 5.41) is 11.9. The fraction of sp³-hybridized carbons (Fsp3) is 0.438. The van der Waals surface area contributed by atoms with Gasteiger partial charge in [0.1, 0.15) is 17.9 Å². The van der Waals surface area contributed by atoms with Gasteiger partial charge in [-0.05, 0) is 37.8 Å². The number of aromatic nitrogens is 2. The van der Waals surface area contributed by atoms with Gasteiger partial charge in [-0.25, -0.2) is 4.98 Å². The fourth-order valence-corrected chi connectivity index (χ4v) is 2.75. The molecule has 0 unspecified atom stereocenters. The summed E-state index contributed by atoms with van der Waals surface area (Å²) in [7, 11) is 0. The molecule has 4 rings (SSSR count). The minimum absolute atomic E-state index is 0.0981. The van der Waals surface area contributed by atoms with Crippen LogP contribution in [0.3, 0.4) is 0 Å². The van der Waals surface area contributed by atoms with Crippen LogP contribution >= 0.6 is 0 Å². The highest BCUT2D eigenvalue weighted by Crippen LogP contribution is 2.40. The largest absolute Gasteiger partial charge is 0.336 e. The number of imidazole rings is 1. The summed E-state index contributed by atoms with van der Waals surface area (Å²) in [5.74, 6) is 1.39. The Morgan fingerprint density at radius 3 is 2.86 bits per heavy atom. The van der Waals surface area contributed by atoms with Gasteiger partial charge in [0.15, 0.2) is 0 Å². The van der Waals surface area contributed by atoms with Crippen LogP contribution in [0.2, 0.25) is 0 Å². The Bertz CT molecular complexity index is 762. The van der Waals surface area contributed by atoms with Crippen LogP contribution in [0.5, 0.6) is 0 Å². The molecule has 0 bridgehead atoms. The predicted octanol–water partition coefficient (Wildman–Crippen LogP) is 2.09. The van der Waals surface area contributed by atoms with Crippen molar-refractivity contribution >= 4 is 16.9 Å². The first-order chi connectivity index (χ1) is 10.2. The van der Waals surface area contributed by atoms with Gasteiger partial charge in [0, 0.05) is 5.92 Å². The van der Waals surface area contributed by atoms with E-state index in [0.717, 1.165) is 42.5 Å². The molecule has 2 aromatic rings. The minimum atomic E-state index is -0.604. The number of para-hydroxylation sites is 2. The molecule has 0 saturated heterocycles. The van der Waals surface area contributed by atoms with Crippen LogP contribution in [0.1, 0.15) is 37.4 Å². The second-order valence-corrected chi connectivity index (χ2v) is 6.06. The van der Waals surface area contributed by atoms with E-state index in [2.05, 4.69) is 16.4 Å². The maximum atomic E-state index is 12.3. The Kier molecular flexibility index (Phi) is 2.55. The molecular weight excluding hydrogens is 264 g/mol. The zero-order valence-electron chi connectivity index (χ0n) is 11.7. The van der Waals surface area contributed by atoms with E-state index in [1.165, 1.54) is 0 Å². The number of carbonyl (C=O) groups excluding carboxylic acids is 1. The lowest BCUT2D eigenvalue weighted by atomic mass is 10.3. The molecule has 0 atom stereocenters. The maximum Gasteiger partial charge on any atom is 0.241 e. The van der Waals surface area contributed by atoms with Crippen molar-refractivity contribution in [1.29, 1.82) is 5.26 Å². The molecule has 1 amide bonds. The van der Waals surface area contributed by atoms with Crippen LogP contribution in [-0.2, 0) is 11.3 Å². The molecule has 0 radical (unpaired) electrons. The Balaban J connectivity index is 1.64. The number of nitrogens with zero attached hydrogens (tertiary/aromatic N) is 3. The van der Waals surface area contributed by atoms with E-state index in [1.54, 1.807) is 0 Å². The number of benzene rings is 1. The van der Waals surface area contributed by atoms with E-state index in [-0.39, 0.29) is 12.5 Å². The average molecular weight is 280 g/mol. The third-order valence-electron chi connectivity index (χ3n) is 4.27. The van der Waals surface area contributed by atoms with Crippen molar-refractivity contribution in [3.63, 3.8) is 0 Å². The zero-order chi connectivity index (χ0) is 14.4. The van der Waals surface area contributed by atoms with Gasteiger partial charge in [0.05, 0.1) is 17.1 Å². The van der Waals surface area contributed by atoms with E-state index < -0.39 is 5.54 Å². The Morgan fingerprint density at radius 2 is 2.19 bits per heavy atom. The molecule has 2 saturated carbocycles. The van der Waals surface area contributed by atoms with E-state index in [0.29, 0.717) is 5.92 Å². The first-order valence-corrected chi connectivity index (χ1v) is 7.38. The van der Waals surface area contributed by atoms with E-state index in [4.69, 9.17) is 5.26 Å². The van der Waals surface area contributed by atoms with Crippen LogP contribution < -0.4 is 5.32 Å². The third kappa shape index (κ3) is 2.17. The Morgan fingerprint density at radius 1 is 1.43 bits per heavy atom. The monoisotopic (exact) mass is 280 g/mol. The molecule has 1 aromatic carbocycles. The van der Waals surface area contributed by atoms with Crippen LogP contribution in [0, 0.1) is 11.3 Å². The van der Waals surface area contributed by atoms with Crippen molar-refractivity contribution in [2.75, 3.05) is 0 Å². The molecule has 5 heteroatoms. The van der Waals surface area contributed by atoms with E-state index >= 15 is 0 Å². The lowest BCUT2D eigenvalue weighted by Crippen LogP contribution is -2.38. The summed E-state index contributed by atoms with van der Waals surface area (Å²) >= 11 is 0. The lowest BCUT2D eigenvalue weighted by molar-refractivity contribution is -0.122. The number of nitrogens with one attached hydrogen (secondary N) is 1. The third-order valence-corrected chi connectivity index (χ3v) is 4.27. The zero-order valence-corrected chi connectivity index (χ0v) is 11.7. The van der Waals surface area contributed by atoms with Gasteiger partial charge < -0.3 is 9.88 Å². The molecule has 2 fully saturated rings. The maximum absolute atomic E-state index is 12.3. The van der Waals surface area contributed by atoms with Crippen LogP contribution in [0.4, 0.5) is 0 Å². The summed E-state index contributed by atoms with van der Waals surface area (Å²) < 4.78 is 2.01. The summed E-state index contributed by atoms with van der Waals surface area (Å²) in [6.07, 6.45) is 3.81. The van der Waals surface area contributed by atoms with Crippen molar-refractivity contribution in [3.8, 4) is 6.07 Å². The molecule has 1 heterocycles. The van der Waals surface area contributed by atoms with Crippen molar-refractivity contribution in [2.24, 2.45) is 0 Å². The van der Waals surface area contributed by atoms with Crippen molar-refractivity contribution in [3.05, 3.63) is 30.1 Å². The van der Waals surface area contributed by atoms with Crippen molar-refractivity contribution in [1.82, 2.24) is 14.9 Å². The molecular formula is C16H16N4O. The first kappa shape index (κ1) is 12.4. The van der Waals surface area contributed by atoms with Crippen LogP contribution in [0.15, 0.2) is 24.3 Å². The van der Waals surface area contributed by atoms with Gasteiger partial charge in [-0.15, -0.1) is 0 Å². The SMILES string of the molecule is N#CC1(NC(=O)Cn2c(C3CC3)nc3ccccc32)CC1. The van der Waals surface area contributed by atoms with Gasteiger partial charge in [0.25, 0.3) is 0 Å². The number of hydrogen-bond donors (Lipinski definition) is 1. The van der Waals surface area contributed by atoms with Gasteiger partial charge >= 0.3 is 0 Å². The second-order valence-electron chi connectivity index (χ2n) is 6.06. The Hall–Kier alpha value is -2.35. The minimum Gasteiger partial charge on any atom is -0.336 e. The fourth-order valence-electron chi connectivity index (χ4n) is 2.75. The van der Waals surface area contributed by atoms with E-state index in [1.807, 2.05) is 28.8 Å². The summed E-state index contributed by atoms with van der Waals surface area (Å²) in [6, 6.07) is 10.1. The number of rotatable bonds is 4. The number of amides is 1. The summed E-state index contributed by atoms with van der Waals surface area (Å²) in [5.41, 5.74) is 1.33. The lowest BCUT2D eigenvalue weighted by Gasteiger charge is -2.12. The number of fused-ring (bicyclic) bond motifs is 1. The predicted molar refractivity (Wildman–Crippen MR) is 77.4 cm³/mol. The molecule has 21 heavy (non-hydrogen) atoms. The number of hydrogen-bond acceptors (Lipinski definition) is 3. The molecule has 106 valence electrons. The quantitative estimate of drug-likeness (QED) is 0.932. The molecule has 1 N–H and O–H groups in total. The van der Waals surface area contributed by atoms with Gasteiger partial charge in [-0.3, -0.25) is 4.79 Å². The highest BCUT2D eigenvalue weighted by molar-refractivity contribution is 5.82. The van der Waals surface area contributed by atoms with Gasteiger partial charge in [-0.2, -0.15) is 5.26 Å². The molecule has 1 aromatic heterocycles. The molecule has 2 aliphatic carbocycles. The summed E-state index contributed by atoms with van der Waals surface area (Å²) in [6.45, 7) is 0.246. The van der Waals surface area contributed by atoms with E-state index in [9.17, 15) is 4.79 Å². The van der Waals surface area contributed by atoms with Crippen LogP contribution in [0.25, 0.3) is 11.0 Å². The van der Waals surface area contributed by atoms with Gasteiger partial charge in [-0.1, -0.05) is 12.1 Å². The molecule has 0 spiro atoms. The average Bonchev–Trinajstić information content (AvgIpc) is 3.40. The normalized spacial score (nSPS) is 19.2. The standard InChI is InChI=1S/C16H16N4O/c17-10-16(7-8-16)19-14(21)9-20-13-4-2-1-3-12(13)18-15(20)11-5-6-11/h1-4,11H,5-9H2,(H,19,21). The molecule has 0 aliphatic heterocycles. The topological polar surface area (TPSA) is 70.7 Å². The first-order valence-electron chi connectivity index (χ1n) is 7.38. The van der Waals surface area contributed by atoms with Crippen molar-refractivity contribution < 1.29 is 4.79 Å². The highest BCUT2D eigenvalue weighted by atomic mass is 16.2. The Labute approximate surface area is 122 Å². The second kappa shape index (κ2) is 4.32. The summed E-state index contributed by atoms with van der Waals surface area (Å²) in [4.78, 5) is 16.9. The number of nitriles is 1. The molecule has 5 nitrogen and oxygen atoms in total. The number of carbonyl (C=O) groups is 1. The van der Waals surface area contributed by atoms with Gasteiger partial charge in [0.2, 0.25) is 5.91 Å². The van der Waals surface area contributed by atoms with Crippen LogP contribution in [-0.4, -0.2) is 21.0 Å². The smallest absolute Gasteiger partial charge is 0.241 e. The van der Waals surface area contributed by atoms with Crippen molar-refractivity contribution in [2.45, 2.75) is 43.7 Å². The highest BCUT2D eigenvalue weighted by Gasteiger charge is 2.44. The molecule has 2 aliphatic rings.